The van der Waals surface area contributed by atoms with E-state index in [2.05, 4.69) is 9.72 Å². The van der Waals surface area contributed by atoms with E-state index >= 15 is 0 Å². The summed E-state index contributed by atoms with van der Waals surface area (Å²) < 4.78 is 42.6. The molecule has 10 heteroatoms. The minimum atomic E-state index is -2.36. The molecule has 0 saturated heterocycles. The summed E-state index contributed by atoms with van der Waals surface area (Å²) >= 11 is 2.79. The summed E-state index contributed by atoms with van der Waals surface area (Å²) in [4.78, 5) is 27.8. The zero-order valence-corrected chi connectivity index (χ0v) is 18.8. The zero-order valence-electron chi connectivity index (χ0n) is 17.1. The molecule has 3 unspecified atom stereocenters. The summed E-state index contributed by atoms with van der Waals surface area (Å²) in [5.41, 5.74) is -1.07. The van der Waals surface area contributed by atoms with Crippen molar-refractivity contribution in [1.82, 2.24) is 4.98 Å². The fourth-order valence-electron chi connectivity index (χ4n) is 3.04. The van der Waals surface area contributed by atoms with Crippen molar-refractivity contribution in [1.29, 1.82) is 0 Å². The average molecular weight is 476 g/mol. The van der Waals surface area contributed by atoms with Crippen LogP contribution in [0.3, 0.4) is 0 Å². The molecule has 0 aliphatic heterocycles. The molecule has 3 atom stereocenters. The maximum atomic E-state index is 12.9. The Kier molecular flexibility index (Phi) is 9.52. The van der Waals surface area contributed by atoms with E-state index in [0.717, 1.165) is 0 Å². The van der Waals surface area contributed by atoms with Crippen LogP contribution in [0.15, 0.2) is 45.9 Å². The molecule has 170 valence electrons. The van der Waals surface area contributed by atoms with Crippen LogP contribution in [0.25, 0.3) is 0 Å². The van der Waals surface area contributed by atoms with Crippen LogP contribution in [0, 0.1) is 11.8 Å². The van der Waals surface area contributed by atoms with Crippen molar-refractivity contribution in [3.8, 4) is 0 Å². The molecule has 0 fully saturated rings. The van der Waals surface area contributed by atoms with Gasteiger partial charge in [0.05, 0.1) is 12.7 Å². The first-order chi connectivity index (χ1) is 14.6. The molecule has 2 rings (SSSR count). The van der Waals surface area contributed by atoms with Gasteiger partial charge in [0, 0.05) is 29.4 Å². The lowest BCUT2D eigenvalue weighted by Crippen LogP contribution is -2.23. The summed E-state index contributed by atoms with van der Waals surface area (Å²) in [6.07, 6.45) is 4.57. The van der Waals surface area contributed by atoms with Gasteiger partial charge < -0.3 is 9.84 Å². The van der Waals surface area contributed by atoms with E-state index in [4.69, 9.17) is 0 Å². The molecule has 1 aliphatic rings. The molecule has 0 aromatic carbocycles. The first-order valence-electron chi connectivity index (χ1n) is 9.60. The van der Waals surface area contributed by atoms with Crippen LogP contribution in [0.1, 0.15) is 43.1 Å². The van der Waals surface area contributed by atoms with Crippen LogP contribution in [0.5, 0.6) is 0 Å². The van der Waals surface area contributed by atoms with Gasteiger partial charge in [-0.25, -0.2) is 14.2 Å². The van der Waals surface area contributed by atoms with E-state index in [-0.39, 0.29) is 36.2 Å². The highest BCUT2D eigenvalue weighted by atomic mass is 32.2. The number of hydrogen-bond acceptors (Lipinski definition) is 7. The summed E-state index contributed by atoms with van der Waals surface area (Å²) in [7, 11) is 1.29. The van der Waals surface area contributed by atoms with E-state index in [9.17, 15) is 27.9 Å². The lowest BCUT2D eigenvalue weighted by molar-refractivity contribution is -0.118. The third-order valence-corrected chi connectivity index (χ3v) is 6.90. The summed E-state index contributed by atoms with van der Waals surface area (Å²) in [5.74, 6) is -1.73. The second kappa shape index (κ2) is 11.6. The number of methoxy groups -OCH3 is 1. The molecule has 0 radical (unpaired) electrons. The molecular formula is C21H24F3NO4S2. The number of rotatable bonds is 11. The third kappa shape index (κ3) is 7.93. The summed E-state index contributed by atoms with van der Waals surface area (Å²) in [5, 5.41) is 11.9. The Labute approximate surface area is 187 Å². The molecule has 1 N–H and O–H groups in total. The molecule has 1 aromatic heterocycles. The number of halogens is 3. The quantitative estimate of drug-likeness (QED) is 0.265. The first-order valence-corrected chi connectivity index (χ1v) is 11.5. The molecule has 1 heterocycles. The van der Waals surface area contributed by atoms with Crippen molar-refractivity contribution < 1.29 is 32.6 Å². The van der Waals surface area contributed by atoms with Gasteiger partial charge in [-0.1, -0.05) is 30.0 Å². The topological polar surface area (TPSA) is 76.5 Å². The second-order valence-corrected chi connectivity index (χ2v) is 9.57. The van der Waals surface area contributed by atoms with Gasteiger partial charge in [0.1, 0.15) is 0 Å². The van der Waals surface area contributed by atoms with Gasteiger partial charge >= 0.3 is 12.0 Å². The Morgan fingerprint density at radius 3 is 2.84 bits per heavy atom. The summed E-state index contributed by atoms with van der Waals surface area (Å²) in [6, 6.07) is 0. The van der Waals surface area contributed by atoms with Gasteiger partial charge in [0.25, 0.3) is 0 Å². The maximum absolute atomic E-state index is 12.9. The number of esters is 1. The number of hydrogen-bond donors (Lipinski definition) is 1. The highest BCUT2D eigenvalue weighted by Crippen LogP contribution is 2.31. The van der Waals surface area contributed by atoms with Crippen molar-refractivity contribution in [3.05, 3.63) is 47.3 Å². The lowest BCUT2D eigenvalue weighted by atomic mass is 9.90. The van der Waals surface area contributed by atoms with Gasteiger partial charge in [0.15, 0.2) is 21.6 Å². The van der Waals surface area contributed by atoms with Gasteiger partial charge in [-0.05, 0) is 32.3 Å². The second-order valence-electron chi connectivity index (χ2n) is 7.37. The molecule has 31 heavy (non-hydrogen) atoms. The van der Waals surface area contributed by atoms with Gasteiger partial charge in [-0.3, -0.25) is 4.79 Å². The molecule has 0 saturated carbocycles. The van der Waals surface area contributed by atoms with E-state index in [1.165, 1.54) is 43.2 Å². The standard InChI is InChI=1S/C21H24F3NO4S2/c1-21(28,10-7-15(22)18(23)24)9-3-4-13-5-6-17(26)14(13)8-11-30-20-25-16(12-31-20)19(27)29-2/h3-6,12-14,28H,7-11H2,1-2H3. The molecular weight excluding hydrogens is 451 g/mol. The Morgan fingerprint density at radius 1 is 1.42 bits per heavy atom. The monoisotopic (exact) mass is 475 g/mol. The fraction of sp³-hybridized carbons (Fsp3) is 0.476. The number of aromatic nitrogens is 1. The number of carbonyl (C=O) groups excluding carboxylic acids is 2. The van der Waals surface area contributed by atoms with Crippen LogP contribution in [0.2, 0.25) is 0 Å². The Hall–Kier alpha value is -1.91. The molecule has 0 amide bonds. The Balaban J connectivity index is 1.84. The van der Waals surface area contributed by atoms with Crippen LogP contribution in [-0.4, -0.2) is 40.3 Å². The fourth-order valence-corrected chi connectivity index (χ4v) is 4.92. The van der Waals surface area contributed by atoms with Crippen molar-refractivity contribution in [2.24, 2.45) is 11.8 Å². The van der Waals surface area contributed by atoms with Crippen LogP contribution >= 0.6 is 23.1 Å². The molecule has 0 spiro atoms. The number of allylic oxidation sites excluding steroid dienone is 4. The van der Waals surface area contributed by atoms with E-state index in [1.54, 1.807) is 17.5 Å². The SMILES string of the molecule is COC(=O)c1csc(SCCC2C(=O)C=CC2C=CCC(C)(O)CCC(F)=C(F)F)n1. The third-order valence-electron chi connectivity index (χ3n) is 4.85. The Bertz CT molecular complexity index is 876. The smallest absolute Gasteiger partial charge is 0.357 e. The van der Waals surface area contributed by atoms with Crippen molar-refractivity contribution in [3.63, 3.8) is 0 Å². The van der Waals surface area contributed by atoms with Crippen molar-refractivity contribution >= 4 is 34.9 Å². The Morgan fingerprint density at radius 2 is 2.16 bits per heavy atom. The predicted molar refractivity (Wildman–Crippen MR) is 114 cm³/mol. The van der Waals surface area contributed by atoms with Gasteiger partial charge in [-0.15, -0.1) is 11.3 Å². The van der Waals surface area contributed by atoms with E-state index in [0.29, 0.717) is 16.5 Å². The number of carbonyl (C=O) groups is 2. The van der Waals surface area contributed by atoms with E-state index < -0.39 is 29.9 Å². The molecule has 5 nitrogen and oxygen atoms in total. The van der Waals surface area contributed by atoms with E-state index in [1.807, 2.05) is 6.08 Å². The number of ketones is 1. The first kappa shape index (κ1) is 25.4. The number of nitrogens with zero attached hydrogens (tertiary/aromatic N) is 1. The maximum Gasteiger partial charge on any atom is 0.357 e. The number of aliphatic hydroxyl groups is 1. The minimum absolute atomic E-state index is 0.0158. The normalized spacial score (nSPS) is 20.3. The largest absolute Gasteiger partial charge is 0.464 e. The molecule has 1 aromatic rings. The van der Waals surface area contributed by atoms with Crippen molar-refractivity contribution in [2.45, 2.75) is 42.5 Å². The van der Waals surface area contributed by atoms with Gasteiger partial charge in [-0.2, -0.15) is 8.78 Å². The van der Waals surface area contributed by atoms with Crippen LogP contribution < -0.4 is 0 Å². The number of thiazole rings is 1. The highest BCUT2D eigenvalue weighted by Gasteiger charge is 2.28. The molecule has 0 bridgehead atoms. The number of ether oxygens (including phenoxy) is 1. The predicted octanol–water partition coefficient (Wildman–Crippen LogP) is 5.34. The minimum Gasteiger partial charge on any atom is -0.464 e. The molecule has 1 aliphatic carbocycles. The van der Waals surface area contributed by atoms with Gasteiger partial charge in [0.2, 0.25) is 0 Å². The average Bonchev–Trinajstić information content (AvgIpc) is 3.33. The summed E-state index contributed by atoms with van der Waals surface area (Å²) in [6.45, 7) is 1.46. The highest BCUT2D eigenvalue weighted by molar-refractivity contribution is 8.01. The lowest BCUT2D eigenvalue weighted by Gasteiger charge is -2.21. The number of thioether (sulfide) groups is 1. The zero-order chi connectivity index (χ0) is 23.0. The van der Waals surface area contributed by atoms with Crippen LogP contribution in [-0.2, 0) is 9.53 Å². The van der Waals surface area contributed by atoms with Crippen LogP contribution in [0.4, 0.5) is 13.2 Å². The van der Waals surface area contributed by atoms with Crippen molar-refractivity contribution in [2.75, 3.05) is 12.9 Å².